The minimum absolute atomic E-state index is 0.693. The number of aryl methyl sites for hydroxylation is 1. The van der Waals surface area contributed by atoms with Crippen molar-refractivity contribution in [1.29, 1.82) is 0 Å². The first-order valence-electron chi connectivity index (χ1n) is 7.78. The van der Waals surface area contributed by atoms with E-state index in [1.165, 1.54) is 25.9 Å². The van der Waals surface area contributed by atoms with Crippen LogP contribution in [0.5, 0.6) is 5.88 Å². The highest BCUT2D eigenvalue weighted by Gasteiger charge is 2.11. The van der Waals surface area contributed by atoms with Crippen molar-refractivity contribution in [2.75, 3.05) is 38.1 Å². The number of ether oxygens (including phenoxy) is 1. The van der Waals surface area contributed by atoms with Crippen molar-refractivity contribution in [3.8, 4) is 5.88 Å². The van der Waals surface area contributed by atoms with Crippen molar-refractivity contribution in [2.24, 2.45) is 0 Å². The lowest BCUT2D eigenvalue weighted by Gasteiger charge is -2.15. The molecular weight excluding hydrogens is 252 g/mol. The van der Waals surface area contributed by atoms with Gasteiger partial charge in [-0.2, -0.15) is 4.98 Å². The number of hydrogen-bond acceptors (Lipinski definition) is 5. The van der Waals surface area contributed by atoms with Crippen LogP contribution in [0.2, 0.25) is 0 Å². The molecule has 0 spiro atoms. The zero-order chi connectivity index (χ0) is 14.2. The fourth-order valence-corrected chi connectivity index (χ4v) is 2.44. The summed E-state index contributed by atoms with van der Waals surface area (Å²) in [6.07, 6.45) is 4.57. The zero-order valence-corrected chi connectivity index (χ0v) is 12.7. The Morgan fingerprint density at radius 3 is 2.75 bits per heavy atom. The third-order valence-corrected chi connectivity index (χ3v) is 3.44. The molecule has 1 aliphatic heterocycles. The number of hydrogen-bond donors (Lipinski definition) is 1. The van der Waals surface area contributed by atoms with Crippen molar-refractivity contribution in [2.45, 2.75) is 39.5 Å². The topological polar surface area (TPSA) is 50.3 Å². The van der Waals surface area contributed by atoms with E-state index in [2.05, 4.69) is 34.0 Å². The molecule has 0 atom stereocenters. The van der Waals surface area contributed by atoms with E-state index in [0.29, 0.717) is 12.5 Å². The normalized spacial score (nSPS) is 15.5. The molecule has 0 radical (unpaired) electrons. The summed E-state index contributed by atoms with van der Waals surface area (Å²) in [6, 6.07) is 1.90. The summed E-state index contributed by atoms with van der Waals surface area (Å²) in [5.74, 6) is 2.42. The first-order valence-corrected chi connectivity index (χ1v) is 7.78. The molecule has 0 saturated carbocycles. The average Bonchev–Trinajstić information content (AvgIpc) is 2.92. The molecule has 1 N–H and O–H groups in total. The summed E-state index contributed by atoms with van der Waals surface area (Å²) in [7, 11) is 0. The van der Waals surface area contributed by atoms with Crippen LogP contribution < -0.4 is 10.1 Å². The summed E-state index contributed by atoms with van der Waals surface area (Å²) >= 11 is 0. The molecule has 0 amide bonds. The van der Waals surface area contributed by atoms with E-state index in [-0.39, 0.29) is 0 Å². The van der Waals surface area contributed by atoms with E-state index in [9.17, 15) is 0 Å². The molecule has 0 aromatic carbocycles. The number of aromatic nitrogens is 2. The molecule has 1 saturated heterocycles. The molecule has 1 aromatic heterocycles. The predicted molar refractivity (Wildman–Crippen MR) is 81.4 cm³/mol. The first kappa shape index (κ1) is 15.0. The summed E-state index contributed by atoms with van der Waals surface area (Å²) in [5, 5.41) is 3.24. The van der Waals surface area contributed by atoms with Gasteiger partial charge in [0.1, 0.15) is 18.2 Å². The Morgan fingerprint density at radius 2 is 2.05 bits per heavy atom. The van der Waals surface area contributed by atoms with Crippen molar-refractivity contribution in [3.05, 3.63) is 11.9 Å². The smallest absolute Gasteiger partial charge is 0.218 e. The maximum Gasteiger partial charge on any atom is 0.218 e. The quantitative estimate of drug-likeness (QED) is 0.791. The number of nitrogens with one attached hydrogen (secondary N) is 1. The van der Waals surface area contributed by atoms with Crippen LogP contribution in [0.25, 0.3) is 0 Å². The minimum atomic E-state index is 0.693. The van der Waals surface area contributed by atoms with Gasteiger partial charge < -0.3 is 10.1 Å². The van der Waals surface area contributed by atoms with E-state index >= 15 is 0 Å². The van der Waals surface area contributed by atoms with Crippen LogP contribution in [0.3, 0.4) is 0 Å². The molecule has 5 heteroatoms. The van der Waals surface area contributed by atoms with Crippen molar-refractivity contribution >= 4 is 5.82 Å². The monoisotopic (exact) mass is 278 g/mol. The van der Waals surface area contributed by atoms with E-state index in [4.69, 9.17) is 4.74 Å². The van der Waals surface area contributed by atoms with Crippen molar-refractivity contribution in [1.82, 2.24) is 14.9 Å². The highest BCUT2D eigenvalue weighted by molar-refractivity contribution is 5.38. The molecule has 1 aliphatic rings. The lowest BCUT2D eigenvalue weighted by atomic mass is 10.3. The van der Waals surface area contributed by atoms with Gasteiger partial charge in [0.2, 0.25) is 5.88 Å². The summed E-state index contributed by atoms with van der Waals surface area (Å²) in [5.41, 5.74) is 0. The maximum atomic E-state index is 5.81. The van der Waals surface area contributed by atoms with Gasteiger partial charge in [0, 0.05) is 25.6 Å². The average molecular weight is 278 g/mol. The Labute approximate surface area is 121 Å². The standard InChI is InChI=1S/C15H26N4O/c1-3-7-13-17-14(16-4-2)12-15(18-13)20-11-10-19-8-5-6-9-19/h12H,3-11H2,1-2H3,(H,16,17,18). The van der Waals surface area contributed by atoms with Crippen molar-refractivity contribution < 1.29 is 4.74 Å². The third kappa shape index (κ3) is 4.63. The van der Waals surface area contributed by atoms with E-state index in [1.807, 2.05) is 6.07 Å². The predicted octanol–water partition coefficient (Wildman–Crippen LogP) is 2.34. The van der Waals surface area contributed by atoms with Gasteiger partial charge in [0.15, 0.2) is 0 Å². The molecule has 0 unspecified atom stereocenters. The van der Waals surface area contributed by atoms with Crippen LogP contribution >= 0.6 is 0 Å². The summed E-state index contributed by atoms with van der Waals surface area (Å²) in [6.45, 7) is 9.16. The molecule has 112 valence electrons. The van der Waals surface area contributed by atoms with Crippen LogP contribution in [0.4, 0.5) is 5.82 Å². The summed E-state index contributed by atoms with van der Waals surface area (Å²) < 4.78 is 5.81. The van der Waals surface area contributed by atoms with Gasteiger partial charge in [-0.15, -0.1) is 0 Å². The van der Waals surface area contributed by atoms with Gasteiger partial charge in [-0.3, -0.25) is 4.90 Å². The Bertz CT molecular complexity index is 381. The van der Waals surface area contributed by atoms with Crippen LogP contribution in [0.15, 0.2) is 6.07 Å². The van der Waals surface area contributed by atoms with E-state index in [0.717, 1.165) is 37.6 Å². The fourth-order valence-electron chi connectivity index (χ4n) is 2.44. The molecule has 2 heterocycles. The molecular formula is C15H26N4O. The Kier molecular flexibility index (Phi) is 6.05. The fraction of sp³-hybridized carbons (Fsp3) is 0.733. The Hall–Kier alpha value is -1.36. The lowest BCUT2D eigenvalue weighted by Crippen LogP contribution is -2.25. The molecule has 1 aromatic rings. The van der Waals surface area contributed by atoms with Gasteiger partial charge >= 0.3 is 0 Å². The van der Waals surface area contributed by atoms with Gasteiger partial charge in [-0.1, -0.05) is 6.92 Å². The summed E-state index contributed by atoms with van der Waals surface area (Å²) in [4.78, 5) is 11.4. The van der Waals surface area contributed by atoms with Gasteiger partial charge in [-0.25, -0.2) is 4.98 Å². The van der Waals surface area contributed by atoms with Crippen molar-refractivity contribution in [3.63, 3.8) is 0 Å². The molecule has 2 rings (SSSR count). The second-order valence-electron chi connectivity index (χ2n) is 5.19. The highest BCUT2D eigenvalue weighted by Crippen LogP contribution is 2.15. The van der Waals surface area contributed by atoms with Crippen LogP contribution in [0, 0.1) is 0 Å². The van der Waals surface area contributed by atoms with Gasteiger partial charge in [0.25, 0.3) is 0 Å². The second-order valence-corrected chi connectivity index (χ2v) is 5.19. The first-order chi connectivity index (χ1) is 9.81. The molecule has 1 fully saturated rings. The van der Waals surface area contributed by atoms with Crippen LogP contribution in [0.1, 0.15) is 38.9 Å². The number of nitrogens with zero attached hydrogens (tertiary/aromatic N) is 3. The molecule has 0 aliphatic carbocycles. The van der Waals surface area contributed by atoms with E-state index < -0.39 is 0 Å². The lowest BCUT2D eigenvalue weighted by molar-refractivity contribution is 0.231. The second kappa shape index (κ2) is 8.04. The van der Waals surface area contributed by atoms with E-state index in [1.54, 1.807) is 0 Å². The SMILES string of the molecule is CCCc1nc(NCC)cc(OCCN2CCCC2)n1. The van der Waals surface area contributed by atoms with Crippen LogP contribution in [-0.4, -0.2) is 47.7 Å². The maximum absolute atomic E-state index is 5.81. The highest BCUT2D eigenvalue weighted by atomic mass is 16.5. The zero-order valence-electron chi connectivity index (χ0n) is 12.7. The minimum Gasteiger partial charge on any atom is -0.476 e. The van der Waals surface area contributed by atoms with Crippen LogP contribution in [-0.2, 0) is 6.42 Å². The Balaban J connectivity index is 1.90. The third-order valence-electron chi connectivity index (χ3n) is 3.44. The molecule has 20 heavy (non-hydrogen) atoms. The molecule has 0 bridgehead atoms. The number of rotatable bonds is 8. The molecule has 5 nitrogen and oxygen atoms in total. The Morgan fingerprint density at radius 1 is 1.25 bits per heavy atom. The largest absolute Gasteiger partial charge is 0.476 e. The number of likely N-dealkylation sites (tertiary alicyclic amines) is 1. The number of anilines is 1. The van der Waals surface area contributed by atoms with Gasteiger partial charge in [-0.05, 0) is 39.3 Å². The van der Waals surface area contributed by atoms with Gasteiger partial charge in [0.05, 0.1) is 0 Å².